The Labute approximate surface area is 79.7 Å². The van der Waals surface area contributed by atoms with Crippen molar-refractivity contribution in [3.05, 3.63) is 12.7 Å². The Morgan fingerprint density at radius 3 is 2.69 bits per heavy atom. The maximum atomic E-state index is 10.8. The third-order valence-electron chi connectivity index (χ3n) is 1.31. The normalized spacial score (nSPS) is 9.77. The van der Waals surface area contributed by atoms with Crippen LogP contribution in [0, 0.1) is 5.92 Å². The van der Waals surface area contributed by atoms with E-state index in [1.165, 1.54) is 0 Å². The summed E-state index contributed by atoms with van der Waals surface area (Å²) in [5, 5.41) is 0. The molecule has 13 heavy (non-hydrogen) atoms. The minimum Gasteiger partial charge on any atom is -0.434 e. The molecule has 0 aromatic heterocycles. The van der Waals surface area contributed by atoms with Gasteiger partial charge in [0.2, 0.25) is 0 Å². The molecule has 0 heterocycles. The highest BCUT2D eigenvalue weighted by Gasteiger charge is 2.03. The van der Waals surface area contributed by atoms with Gasteiger partial charge >= 0.3 is 6.16 Å². The first-order valence-corrected chi connectivity index (χ1v) is 4.57. The molecule has 0 saturated carbocycles. The van der Waals surface area contributed by atoms with Crippen LogP contribution in [-0.4, -0.2) is 19.4 Å². The van der Waals surface area contributed by atoms with Gasteiger partial charge in [-0.15, -0.1) is 6.58 Å². The van der Waals surface area contributed by atoms with Crippen molar-refractivity contribution < 1.29 is 14.3 Å². The second-order valence-electron chi connectivity index (χ2n) is 3.23. The molecule has 76 valence electrons. The highest BCUT2D eigenvalue weighted by molar-refractivity contribution is 5.59. The summed E-state index contributed by atoms with van der Waals surface area (Å²) in [5.41, 5.74) is 0. The summed E-state index contributed by atoms with van der Waals surface area (Å²) >= 11 is 0. The molecule has 3 nitrogen and oxygen atoms in total. The third kappa shape index (κ3) is 8.92. The summed E-state index contributed by atoms with van der Waals surface area (Å²) in [6, 6.07) is 0. The number of rotatable bonds is 6. The predicted octanol–water partition coefficient (Wildman–Crippen LogP) is 2.76. The van der Waals surface area contributed by atoms with Crippen LogP contribution in [0.2, 0.25) is 0 Å². The third-order valence-corrected chi connectivity index (χ3v) is 1.31. The summed E-state index contributed by atoms with van der Waals surface area (Å²) in [7, 11) is 0. The first-order chi connectivity index (χ1) is 6.16. The van der Waals surface area contributed by atoms with Gasteiger partial charge in [-0.1, -0.05) is 19.9 Å². The molecule has 0 bridgehead atoms. The number of hydrogen-bond acceptors (Lipinski definition) is 3. The van der Waals surface area contributed by atoms with Crippen LogP contribution in [0.4, 0.5) is 4.79 Å². The zero-order valence-corrected chi connectivity index (χ0v) is 8.41. The lowest BCUT2D eigenvalue weighted by Gasteiger charge is -2.07. The van der Waals surface area contributed by atoms with Crippen molar-refractivity contribution in [2.24, 2.45) is 5.92 Å². The SMILES string of the molecule is C=CCCCOC(=O)OCC(C)C. The minimum atomic E-state index is -0.572. The van der Waals surface area contributed by atoms with Crippen LogP contribution in [0.1, 0.15) is 26.7 Å². The van der Waals surface area contributed by atoms with E-state index in [1.54, 1.807) is 6.08 Å². The average molecular weight is 186 g/mol. The smallest absolute Gasteiger partial charge is 0.434 e. The van der Waals surface area contributed by atoms with Crippen molar-refractivity contribution in [3.8, 4) is 0 Å². The molecule has 0 fully saturated rings. The summed E-state index contributed by atoms with van der Waals surface area (Å²) in [6.07, 6.45) is 2.89. The molecule has 0 saturated heterocycles. The molecule has 0 aromatic rings. The standard InChI is InChI=1S/C10H18O3/c1-4-5-6-7-12-10(11)13-8-9(2)3/h4,9H,1,5-8H2,2-3H3. The van der Waals surface area contributed by atoms with E-state index in [2.05, 4.69) is 6.58 Å². The fraction of sp³-hybridized carbons (Fsp3) is 0.700. The minimum absolute atomic E-state index is 0.348. The number of hydrogen-bond donors (Lipinski definition) is 0. The van der Waals surface area contributed by atoms with Gasteiger partial charge in [-0.05, 0) is 18.8 Å². The molecule has 0 N–H and O–H groups in total. The second-order valence-corrected chi connectivity index (χ2v) is 3.23. The number of carbonyl (C=O) groups excluding carboxylic acids is 1. The van der Waals surface area contributed by atoms with Gasteiger partial charge in [-0.25, -0.2) is 4.79 Å². The maximum Gasteiger partial charge on any atom is 0.508 e. The average Bonchev–Trinajstić information content (AvgIpc) is 2.09. The monoisotopic (exact) mass is 186 g/mol. The molecule has 0 radical (unpaired) electrons. The van der Waals surface area contributed by atoms with Gasteiger partial charge in [0.25, 0.3) is 0 Å². The van der Waals surface area contributed by atoms with Crippen molar-refractivity contribution in [3.63, 3.8) is 0 Å². The molecule has 0 aliphatic rings. The molecule has 0 aromatic carbocycles. The van der Waals surface area contributed by atoms with Crippen LogP contribution in [-0.2, 0) is 9.47 Å². The van der Waals surface area contributed by atoms with Crippen molar-refractivity contribution in [2.45, 2.75) is 26.7 Å². The topological polar surface area (TPSA) is 35.5 Å². The van der Waals surface area contributed by atoms with Crippen molar-refractivity contribution in [2.75, 3.05) is 13.2 Å². The molecule has 0 rings (SSSR count). The molecular formula is C10H18O3. The molecule has 0 amide bonds. The second kappa shape index (κ2) is 7.65. The zero-order valence-electron chi connectivity index (χ0n) is 8.41. The molecule has 0 aliphatic heterocycles. The van der Waals surface area contributed by atoms with E-state index < -0.39 is 6.16 Å². The van der Waals surface area contributed by atoms with Crippen LogP contribution in [0.25, 0.3) is 0 Å². The van der Waals surface area contributed by atoms with Gasteiger partial charge < -0.3 is 9.47 Å². The first kappa shape index (κ1) is 12.0. The Morgan fingerprint density at radius 1 is 1.46 bits per heavy atom. The summed E-state index contributed by atoms with van der Waals surface area (Å²) in [5.74, 6) is 0.348. The van der Waals surface area contributed by atoms with Gasteiger partial charge in [0, 0.05) is 0 Å². The largest absolute Gasteiger partial charge is 0.508 e. The lowest BCUT2D eigenvalue weighted by molar-refractivity contribution is 0.0471. The molecule has 3 heteroatoms. The Balaban J connectivity index is 3.25. The van der Waals surface area contributed by atoms with E-state index in [9.17, 15) is 4.79 Å². The molecule has 0 aliphatic carbocycles. The van der Waals surface area contributed by atoms with Gasteiger partial charge in [0.05, 0.1) is 13.2 Å². The summed E-state index contributed by atoms with van der Waals surface area (Å²) < 4.78 is 9.58. The highest BCUT2D eigenvalue weighted by atomic mass is 16.7. The Morgan fingerprint density at radius 2 is 2.15 bits per heavy atom. The molecule has 0 atom stereocenters. The van der Waals surface area contributed by atoms with E-state index in [1.807, 2.05) is 13.8 Å². The van der Waals surface area contributed by atoms with Gasteiger partial charge in [0.15, 0.2) is 0 Å². The quantitative estimate of drug-likeness (QED) is 0.363. The number of allylic oxidation sites excluding steroid dienone is 1. The van der Waals surface area contributed by atoms with E-state index in [-0.39, 0.29) is 0 Å². The van der Waals surface area contributed by atoms with Gasteiger partial charge in [0.1, 0.15) is 0 Å². The molecule has 0 unspecified atom stereocenters. The van der Waals surface area contributed by atoms with E-state index >= 15 is 0 Å². The van der Waals surface area contributed by atoms with E-state index in [4.69, 9.17) is 9.47 Å². The first-order valence-electron chi connectivity index (χ1n) is 4.57. The van der Waals surface area contributed by atoms with Crippen LogP contribution in [0.3, 0.4) is 0 Å². The molecular weight excluding hydrogens is 168 g/mol. The Bertz CT molecular complexity index is 152. The van der Waals surface area contributed by atoms with Gasteiger partial charge in [-0.2, -0.15) is 0 Å². The van der Waals surface area contributed by atoms with E-state index in [0.29, 0.717) is 19.1 Å². The Kier molecular flexibility index (Phi) is 7.07. The van der Waals surface area contributed by atoms with Crippen LogP contribution >= 0.6 is 0 Å². The Hall–Kier alpha value is -0.990. The summed E-state index contributed by atoms with van der Waals surface area (Å²) in [4.78, 5) is 10.8. The van der Waals surface area contributed by atoms with Crippen molar-refractivity contribution in [1.82, 2.24) is 0 Å². The number of carbonyl (C=O) groups is 1. The highest BCUT2D eigenvalue weighted by Crippen LogP contribution is 1.96. The van der Waals surface area contributed by atoms with Crippen molar-refractivity contribution >= 4 is 6.16 Å². The maximum absolute atomic E-state index is 10.8. The fourth-order valence-electron chi connectivity index (χ4n) is 0.660. The summed E-state index contributed by atoms with van der Waals surface area (Å²) in [6.45, 7) is 8.34. The lowest BCUT2D eigenvalue weighted by atomic mass is 10.2. The van der Waals surface area contributed by atoms with Crippen LogP contribution in [0.5, 0.6) is 0 Å². The van der Waals surface area contributed by atoms with Crippen LogP contribution < -0.4 is 0 Å². The number of unbranched alkanes of at least 4 members (excludes halogenated alkanes) is 1. The van der Waals surface area contributed by atoms with E-state index in [0.717, 1.165) is 12.8 Å². The number of ether oxygens (including phenoxy) is 2. The zero-order chi connectivity index (χ0) is 10.1. The van der Waals surface area contributed by atoms with Crippen molar-refractivity contribution in [1.29, 1.82) is 0 Å². The predicted molar refractivity (Wildman–Crippen MR) is 51.6 cm³/mol. The fourth-order valence-corrected chi connectivity index (χ4v) is 0.660. The van der Waals surface area contributed by atoms with Crippen LogP contribution in [0.15, 0.2) is 12.7 Å². The lowest BCUT2D eigenvalue weighted by Crippen LogP contribution is -2.12. The van der Waals surface area contributed by atoms with Gasteiger partial charge in [-0.3, -0.25) is 0 Å². The molecule has 0 spiro atoms.